The highest BCUT2D eigenvalue weighted by atomic mass is 14.7. The van der Waals surface area contributed by atoms with Crippen LogP contribution in [0.2, 0.25) is 0 Å². The predicted molar refractivity (Wildman–Crippen MR) is 48.5 cm³/mol. The van der Waals surface area contributed by atoms with Crippen molar-refractivity contribution in [1.82, 2.24) is 0 Å². The van der Waals surface area contributed by atoms with Crippen molar-refractivity contribution in [2.75, 3.05) is 0 Å². The number of rotatable bonds is 1. The second-order valence-corrected chi connectivity index (χ2v) is 2.53. The van der Waals surface area contributed by atoms with Gasteiger partial charge >= 0.3 is 0 Å². The summed E-state index contributed by atoms with van der Waals surface area (Å²) >= 11 is 0. The minimum atomic E-state index is 0.0367. The number of benzene rings is 1. The summed E-state index contributed by atoms with van der Waals surface area (Å²) in [7, 11) is 0. The van der Waals surface area contributed by atoms with Crippen molar-refractivity contribution in [1.29, 1.82) is 5.41 Å². The second-order valence-electron chi connectivity index (χ2n) is 2.53. The van der Waals surface area contributed by atoms with E-state index in [9.17, 15) is 0 Å². The minimum Gasteiger partial charge on any atom is -0.384 e. The van der Waals surface area contributed by atoms with Crippen molar-refractivity contribution >= 4 is 11.5 Å². The Hall–Kier alpha value is -1.82. The van der Waals surface area contributed by atoms with Crippen LogP contribution in [-0.2, 0) is 0 Å². The first kappa shape index (κ1) is 8.28. The Morgan fingerprint density at radius 3 is 2.67 bits per heavy atom. The lowest BCUT2D eigenvalue weighted by molar-refractivity contribution is 1.40. The molecule has 0 amide bonds. The summed E-state index contributed by atoms with van der Waals surface area (Å²) in [6.07, 6.45) is 0. The highest BCUT2D eigenvalue weighted by Crippen LogP contribution is 2.18. The van der Waals surface area contributed by atoms with Gasteiger partial charge in [0.25, 0.3) is 0 Å². The fraction of sp³-hybridized carbons (Fsp3) is 0.111. The van der Waals surface area contributed by atoms with Crippen LogP contribution in [0, 0.1) is 18.9 Å². The zero-order valence-corrected chi connectivity index (χ0v) is 6.76. The Morgan fingerprint density at radius 2 is 2.25 bits per heavy atom. The molecule has 0 unspecified atom stereocenters. The summed E-state index contributed by atoms with van der Waals surface area (Å²) in [5.41, 5.74) is 7.42. The molecule has 0 bridgehead atoms. The number of nitrogens with two attached hydrogens (primary N) is 1. The van der Waals surface area contributed by atoms with Crippen molar-refractivity contribution in [3.8, 4) is 0 Å². The zero-order valence-electron chi connectivity index (χ0n) is 6.76. The van der Waals surface area contributed by atoms with E-state index >= 15 is 0 Å². The van der Waals surface area contributed by atoms with Crippen molar-refractivity contribution in [2.45, 2.75) is 6.92 Å². The van der Waals surface area contributed by atoms with Gasteiger partial charge in [0.1, 0.15) is 5.84 Å². The Bertz CT molecular complexity index is 361. The van der Waals surface area contributed by atoms with Gasteiger partial charge in [-0.25, -0.2) is 4.85 Å². The Balaban J connectivity index is 3.21. The van der Waals surface area contributed by atoms with Gasteiger partial charge in [-0.2, -0.15) is 0 Å². The molecule has 0 fully saturated rings. The SMILES string of the molecule is [C-]#[N+]c1ccc(C(=N)N)cc1C. The smallest absolute Gasteiger partial charge is 0.190 e. The van der Waals surface area contributed by atoms with E-state index in [1.54, 1.807) is 18.2 Å². The van der Waals surface area contributed by atoms with Crippen molar-refractivity contribution in [2.24, 2.45) is 5.73 Å². The minimum absolute atomic E-state index is 0.0367. The van der Waals surface area contributed by atoms with Crippen molar-refractivity contribution in [3.63, 3.8) is 0 Å². The van der Waals surface area contributed by atoms with Gasteiger partial charge in [0.05, 0.1) is 6.57 Å². The summed E-state index contributed by atoms with van der Waals surface area (Å²) in [5.74, 6) is 0.0367. The molecule has 3 N–H and O–H groups in total. The lowest BCUT2D eigenvalue weighted by Crippen LogP contribution is -2.10. The molecule has 1 aromatic rings. The van der Waals surface area contributed by atoms with Gasteiger partial charge in [0.2, 0.25) is 0 Å². The number of nitrogen functional groups attached to an aromatic ring is 1. The molecule has 0 aliphatic heterocycles. The molecular weight excluding hydrogens is 150 g/mol. The molecule has 0 aromatic heterocycles. The summed E-state index contributed by atoms with van der Waals surface area (Å²) in [4.78, 5) is 3.31. The van der Waals surface area contributed by atoms with E-state index in [1.807, 2.05) is 6.92 Å². The van der Waals surface area contributed by atoms with E-state index in [4.69, 9.17) is 17.7 Å². The Labute approximate surface area is 71.2 Å². The van der Waals surface area contributed by atoms with Crippen LogP contribution in [0.5, 0.6) is 0 Å². The van der Waals surface area contributed by atoms with E-state index < -0.39 is 0 Å². The number of aryl methyl sites for hydroxylation is 1. The molecule has 3 heteroatoms. The Morgan fingerprint density at radius 1 is 1.58 bits per heavy atom. The highest BCUT2D eigenvalue weighted by Gasteiger charge is 2.00. The summed E-state index contributed by atoms with van der Waals surface area (Å²) in [6.45, 7) is 8.64. The third kappa shape index (κ3) is 1.43. The van der Waals surface area contributed by atoms with Gasteiger partial charge < -0.3 is 5.73 Å². The van der Waals surface area contributed by atoms with Crippen LogP contribution in [0.3, 0.4) is 0 Å². The molecular formula is C9H9N3. The van der Waals surface area contributed by atoms with E-state index in [0.29, 0.717) is 11.3 Å². The first-order chi connectivity index (χ1) is 5.65. The normalized spacial score (nSPS) is 9.00. The van der Waals surface area contributed by atoms with Gasteiger partial charge in [-0.05, 0) is 12.5 Å². The van der Waals surface area contributed by atoms with Gasteiger partial charge in [-0.3, -0.25) is 5.41 Å². The van der Waals surface area contributed by atoms with Crippen LogP contribution >= 0.6 is 0 Å². The number of nitrogens with one attached hydrogen (secondary N) is 1. The first-order valence-corrected chi connectivity index (χ1v) is 3.47. The molecule has 0 saturated heterocycles. The fourth-order valence-corrected chi connectivity index (χ4v) is 0.948. The van der Waals surface area contributed by atoms with Crippen LogP contribution in [0.4, 0.5) is 5.69 Å². The number of nitrogens with zero attached hydrogens (tertiary/aromatic N) is 1. The summed E-state index contributed by atoms with van der Waals surface area (Å²) in [6, 6.07) is 5.11. The van der Waals surface area contributed by atoms with Crippen LogP contribution < -0.4 is 5.73 Å². The van der Waals surface area contributed by atoms with Gasteiger partial charge in [0.15, 0.2) is 5.69 Å². The molecule has 3 nitrogen and oxygen atoms in total. The summed E-state index contributed by atoms with van der Waals surface area (Å²) in [5, 5.41) is 7.16. The van der Waals surface area contributed by atoms with E-state index in [1.165, 1.54) is 0 Å². The predicted octanol–water partition coefficient (Wildman–Crippen LogP) is 1.83. The zero-order chi connectivity index (χ0) is 9.14. The van der Waals surface area contributed by atoms with Gasteiger partial charge in [0, 0.05) is 5.56 Å². The third-order valence-corrected chi connectivity index (χ3v) is 1.63. The molecule has 0 radical (unpaired) electrons. The maximum absolute atomic E-state index is 7.16. The Kier molecular flexibility index (Phi) is 2.11. The van der Waals surface area contributed by atoms with E-state index in [-0.39, 0.29) is 5.84 Å². The van der Waals surface area contributed by atoms with Gasteiger partial charge in [-0.1, -0.05) is 18.2 Å². The second kappa shape index (κ2) is 3.05. The van der Waals surface area contributed by atoms with Crippen molar-refractivity contribution in [3.05, 3.63) is 40.7 Å². The quantitative estimate of drug-likeness (QED) is 0.366. The lowest BCUT2D eigenvalue weighted by atomic mass is 10.1. The largest absolute Gasteiger partial charge is 0.384 e. The molecule has 0 aliphatic carbocycles. The fourth-order valence-electron chi connectivity index (χ4n) is 0.948. The standard InChI is InChI=1S/C9H9N3/c1-6-5-7(9(10)11)3-4-8(6)12-2/h3-5H,1H3,(H3,10,11). The van der Waals surface area contributed by atoms with Crippen LogP contribution in [0.15, 0.2) is 18.2 Å². The average molecular weight is 159 g/mol. The molecule has 0 aliphatic rings. The van der Waals surface area contributed by atoms with Crippen LogP contribution in [-0.4, -0.2) is 5.84 Å². The molecule has 12 heavy (non-hydrogen) atoms. The molecule has 0 heterocycles. The molecule has 0 saturated carbocycles. The average Bonchev–Trinajstić information content (AvgIpc) is 2.04. The molecule has 0 spiro atoms. The topological polar surface area (TPSA) is 54.2 Å². The molecule has 0 atom stereocenters. The monoisotopic (exact) mass is 159 g/mol. The van der Waals surface area contributed by atoms with E-state index in [0.717, 1.165) is 5.56 Å². The van der Waals surface area contributed by atoms with Crippen LogP contribution in [0.25, 0.3) is 4.85 Å². The number of hydrogen-bond acceptors (Lipinski definition) is 1. The van der Waals surface area contributed by atoms with Gasteiger partial charge in [-0.15, -0.1) is 0 Å². The third-order valence-electron chi connectivity index (χ3n) is 1.63. The maximum atomic E-state index is 7.16. The number of hydrogen-bond donors (Lipinski definition) is 2. The molecule has 1 aromatic carbocycles. The van der Waals surface area contributed by atoms with Crippen LogP contribution in [0.1, 0.15) is 11.1 Å². The molecule has 1 rings (SSSR count). The number of amidine groups is 1. The van der Waals surface area contributed by atoms with E-state index in [2.05, 4.69) is 4.85 Å². The maximum Gasteiger partial charge on any atom is 0.190 e. The molecule has 60 valence electrons. The lowest BCUT2D eigenvalue weighted by Gasteiger charge is -2.00. The highest BCUT2D eigenvalue weighted by molar-refractivity contribution is 5.95. The summed E-state index contributed by atoms with van der Waals surface area (Å²) < 4.78 is 0. The first-order valence-electron chi connectivity index (χ1n) is 3.47. The van der Waals surface area contributed by atoms with Crippen molar-refractivity contribution < 1.29 is 0 Å².